The molecule has 3 aromatic rings. The molecule has 0 atom stereocenters. The lowest BCUT2D eigenvalue weighted by Crippen LogP contribution is -2.11. The van der Waals surface area contributed by atoms with Crippen molar-refractivity contribution in [3.63, 3.8) is 0 Å². The van der Waals surface area contributed by atoms with Crippen molar-refractivity contribution in [2.45, 2.75) is 39.7 Å². The molecule has 3 aromatic carbocycles. The topological polar surface area (TPSA) is 100 Å². The molecule has 0 fully saturated rings. The Morgan fingerprint density at radius 1 is 1.05 bits per heavy atom. The highest BCUT2D eigenvalue weighted by molar-refractivity contribution is 9.10. The van der Waals surface area contributed by atoms with Gasteiger partial charge in [0.1, 0.15) is 6.61 Å². The van der Waals surface area contributed by atoms with Gasteiger partial charge in [-0.1, -0.05) is 32.9 Å². The minimum atomic E-state index is -0.535. The largest absolute Gasteiger partial charge is 0.490 e. The number of carbonyl (C=O) groups excluding carboxylic acids is 1. The molecule has 0 amide bonds. The second-order valence-electron chi connectivity index (χ2n) is 9.64. The summed E-state index contributed by atoms with van der Waals surface area (Å²) in [6, 6.07) is 17.5. The molecule has 0 aliphatic carbocycles. The molecule has 0 saturated carbocycles. The van der Waals surface area contributed by atoms with Crippen LogP contribution in [0.3, 0.4) is 0 Å². The van der Waals surface area contributed by atoms with E-state index in [0.29, 0.717) is 28.1 Å². The normalized spacial score (nSPS) is 14.3. The zero-order valence-corrected chi connectivity index (χ0v) is 23.1. The average Bonchev–Trinajstić information content (AvgIpc) is 3.23. The van der Waals surface area contributed by atoms with Gasteiger partial charge in [-0.15, -0.1) is 0 Å². The van der Waals surface area contributed by atoms with Crippen molar-refractivity contribution in [2.75, 3.05) is 6.61 Å². The lowest BCUT2D eigenvalue weighted by atomic mass is 9.87. The van der Waals surface area contributed by atoms with Gasteiger partial charge in [0.25, 0.3) is 5.69 Å². The first-order valence-corrected chi connectivity index (χ1v) is 12.8. The van der Waals surface area contributed by atoms with E-state index in [-0.39, 0.29) is 29.3 Å². The Bertz CT molecular complexity index is 1420. The van der Waals surface area contributed by atoms with E-state index in [1.165, 1.54) is 17.7 Å². The van der Waals surface area contributed by atoms with Crippen molar-refractivity contribution in [1.82, 2.24) is 0 Å². The zero-order chi connectivity index (χ0) is 27.4. The molecule has 9 heteroatoms. The van der Waals surface area contributed by atoms with Crippen LogP contribution in [0.25, 0.3) is 6.08 Å². The number of carbonyl (C=O) groups is 1. The fraction of sp³-hybridized carbons (Fsp3) is 0.241. The minimum Gasteiger partial charge on any atom is -0.490 e. The van der Waals surface area contributed by atoms with Crippen molar-refractivity contribution in [1.29, 1.82) is 0 Å². The average molecular weight is 579 g/mol. The SMILES string of the molecule is CCOc1cc(/C=C2\N=C(c3ccc(C(C)(C)C)cc3)OC2=O)cc(Br)c1OCc1ccc([N+](=O)[O-])cc1. The number of rotatable bonds is 8. The van der Waals surface area contributed by atoms with Gasteiger partial charge < -0.3 is 14.2 Å². The molecule has 0 saturated heterocycles. The van der Waals surface area contributed by atoms with Gasteiger partial charge in [-0.25, -0.2) is 9.79 Å². The summed E-state index contributed by atoms with van der Waals surface area (Å²) in [5.74, 6) is 0.676. The fourth-order valence-electron chi connectivity index (χ4n) is 3.75. The second-order valence-corrected chi connectivity index (χ2v) is 10.5. The Morgan fingerprint density at radius 2 is 1.74 bits per heavy atom. The minimum absolute atomic E-state index is 0.0144. The Kier molecular flexibility index (Phi) is 7.97. The summed E-state index contributed by atoms with van der Waals surface area (Å²) in [5, 5.41) is 10.9. The highest BCUT2D eigenvalue weighted by Gasteiger charge is 2.25. The molecule has 0 N–H and O–H groups in total. The quantitative estimate of drug-likeness (QED) is 0.124. The molecule has 38 heavy (non-hydrogen) atoms. The van der Waals surface area contributed by atoms with Crippen LogP contribution in [0.2, 0.25) is 0 Å². The maximum absolute atomic E-state index is 12.6. The Hall–Kier alpha value is -3.98. The van der Waals surface area contributed by atoms with Crippen LogP contribution in [-0.4, -0.2) is 23.4 Å². The predicted octanol–water partition coefficient (Wildman–Crippen LogP) is 6.98. The Morgan fingerprint density at radius 3 is 2.34 bits per heavy atom. The van der Waals surface area contributed by atoms with Crippen LogP contribution in [0.15, 0.2) is 75.8 Å². The molecule has 0 unspecified atom stereocenters. The maximum Gasteiger partial charge on any atom is 0.363 e. The third-order valence-electron chi connectivity index (χ3n) is 5.78. The summed E-state index contributed by atoms with van der Waals surface area (Å²) in [6.07, 6.45) is 1.63. The van der Waals surface area contributed by atoms with Gasteiger partial charge >= 0.3 is 5.97 Å². The number of hydrogen-bond donors (Lipinski definition) is 0. The van der Waals surface area contributed by atoms with Crippen molar-refractivity contribution < 1.29 is 23.9 Å². The summed E-state index contributed by atoms with van der Waals surface area (Å²) >= 11 is 3.53. The first-order valence-electron chi connectivity index (χ1n) is 12.0. The van der Waals surface area contributed by atoms with Crippen molar-refractivity contribution in [2.24, 2.45) is 4.99 Å². The van der Waals surface area contributed by atoms with Gasteiger partial charge in [0.2, 0.25) is 5.90 Å². The molecule has 0 aromatic heterocycles. The molecule has 1 aliphatic heterocycles. The van der Waals surface area contributed by atoms with E-state index in [9.17, 15) is 14.9 Å². The van der Waals surface area contributed by atoms with Crippen molar-refractivity contribution in [3.05, 3.63) is 103 Å². The lowest BCUT2D eigenvalue weighted by molar-refractivity contribution is -0.384. The standard InChI is InChI=1S/C29H27BrN2O6/c1-5-36-25-16-19(14-23(30)26(25)37-17-18-6-12-22(13-7-18)32(34)35)15-24-28(33)38-27(31-24)20-8-10-21(11-9-20)29(2,3)4/h6-16H,5,17H2,1-4H3/b24-15-. The number of aliphatic imine (C=N–C) groups is 1. The second kappa shape index (κ2) is 11.2. The van der Waals surface area contributed by atoms with Gasteiger partial charge in [-0.05, 0) is 87.4 Å². The van der Waals surface area contributed by atoms with Gasteiger partial charge in [-0.3, -0.25) is 10.1 Å². The number of halogens is 1. The Labute approximate surface area is 229 Å². The van der Waals surface area contributed by atoms with Crippen molar-refractivity contribution >= 4 is 39.6 Å². The first-order chi connectivity index (χ1) is 18.0. The molecule has 1 heterocycles. The van der Waals surface area contributed by atoms with Crippen LogP contribution < -0.4 is 9.47 Å². The van der Waals surface area contributed by atoms with Gasteiger partial charge in [-0.2, -0.15) is 0 Å². The summed E-state index contributed by atoms with van der Waals surface area (Å²) < 4.78 is 17.8. The van der Waals surface area contributed by atoms with Gasteiger partial charge in [0.15, 0.2) is 17.2 Å². The van der Waals surface area contributed by atoms with Crippen LogP contribution >= 0.6 is 15.9 Å². The zero-order valence-electron chi connectivity index (χ0n) is 21.5. The van der Waals surface area contributed by atoms with Gasteiger partial charge in [0.05, 0.1) is 16.0 Å². The molecule has 8 nitrogen and oxygen atoms in total. The van der Waals surface area contributed by atoms with E-state index in [2.05, 4.69) is 41.7 Å². The van der Waals surface area contributed by atoms with E-state index < -0.39 is 10.9 Å². The van der Waals surface area contributed by atoms with Gasteiger partial charge in [0, 0.05) is 17.7 Å². The van der Waals surface area contributed by atoms with Crippen LogP contribution in [0, 0.1) is 10.1 Å². The number of hydrogen-bond acceptors (Lipinski definition) is 7. The molecule has 0 radical (unpaired) electrons. The van der Waals surface area contributed by atoms with E-state index >= 15 is 0 Å². The van der Waals surface area contributed by atoms with E-state index in [0.717, 1.165) is 11.1 Å². The molecule has 1 aliphatic rings. The number of nitrogens with zero attached hydrogens (tertiary/aromatic N) is 2. The maximum atomic E-state index is 12.6. The third-order valence-corrected chi connectivity index (χ3v) is 6.37. The predicted molar refractivity (Wildman–Crippen MR) is 148 cm³/mol. The molecule has 196 valence electrons. The smallest absolute Gasteiger partial charge is 0.363 e. The summed E-state index contributed by atoms with van der Waals surface area (Å²) in [6.45, 7) is 8.85. The van der Waals surface area contributed by atoms with E-state index in [1.54, 1.807) is 30.3 Å². The monoisotopic (exact) mass is 578 g/mol. The van der Waals surface area contributed by atoms with Crippen LogP contribution in [0.5, 0.6) is 11.5 Å². The molecular weight excluding hydrogens is 552 g/mol. The molecular formula is C29H27BrN2O6. The highest BCUT2D eigenvalue weighted by Crippen LogP contribution is 2.38. The Balaban J connectivity index is 1.56. The number of nitro benzene ring substituents is 1. The number of cyclic esters (lactones) is 1. The van der Waals surface area contributed by atoms with E-state index in [1.807, 2.05) is 31.2 Å². The van der Waals surface area contributed by atoms with Crippen LogP contribution in [-0.2, 0) is 21.6 Å². The van der Waals surface area contributed by atoms with Crippen LogP contribution in [0.1, 0.15) is 49.9 Å². The number of ether oxygens (including phenoxy) is 3. The van der Waals surface area contributed by atoms with Crippen LogP contribution in [0.4, 0.5) is 5.69 Å². The first kappa shape index (κ1) is 27.1. The van der Waals surface area contributed by atoms with E-state index in [4.69, 9.17) is 14.2 Å². The number of benzene rings is 3. The van der Waals surface area contributed by atoms with Crippen molar-refractivity contribution in [3.8, 4) is 11.5 Å². The number of non-ortho nitro benzene ring substituents is 1. The summed E-state index contributed by atoms with van der Waals surface area (Å²) in [5.41, 5.74) is 3.54. The molecule has 4 rings (SSSR count). The highest BCUT2D eigenvalue weighted by atomic mass is 79.9. The third kappa shape index (κ3) is 6.28. The summed E-state index contributed by atoms with van der Waals surface area (Å²) in [7, 11) is 0. The number of nitro groups is 1. The summed E-state index contributed by atoms with van der Waals surface area (Å²) in [4.78, 5) is 27.4. The lowest BCUT2D eigenvalue weighted by Gasteiger charge is -2.18. The number of esters is 1. The molecule has 0 spiro atoms. The fourth-order valence-corrected chi connectivity index (χ4v) is 4.32. The molecule has 0 bridgehead atoms.